The van der Waals surface area contributed by atoms with Crippen LogP contribution in [0.3, 0.4) is 0 Å². The van der Waals surface area contributed by atoms with E-state index >= 15 is 0 Å². The van der Waals surface area contributed by atoms with Crippen molar-refractivity contribution in [1.82, 2.24) is 34.5 Å². The fourth-order valence-electron chi connectivity index (χ4n) is 2.11. The Hall–Kier alpha value is -3.03. The molecule has 0 amide bonds. The van der Waals surface area contributed by atoms with Gasteiger partial charge in [0.15, 0.2) is 17.1 Å². The first-order chi connectivity index (χ1) is 9.92. The van der Waals surface area contributed by atoms with Gasteiger partial charge in [0.1, 0.15) is 18.2 Å². The van der Waals surface area contributed by atoms with E-state index in [2.05, 4.69) is 35.3 Å². The molecule has 4 rings (SSSR count). The molecule has 0 saturated heterocycles. The van der Waals surface area contributed by atoms with Crippen molar-refractivity contribution in [2.24, 2.45) is 0 Å². The molecule has 4 aromatic heterocycles. The molecule has 0 aromatic carbocycles. The van der Waals surface area contributed by atoms with Crippen molar-refractivity contribution in [3.63, 3.8) is 0 Å². The molecule has 0 unspecified atom stereocenters. The maximum atomic E-state index is 4.22. The van der Waals surface area contributed by atoms with Gasteiger partial charge in [-0.3, -0.25) is 0 Å². The topological polar surface area (TPSA) is 96.7 Å². The van der Waals surface area contributed by atoms with Crippen molar-refractivity contribution in [3.05, 3.63) is 42.9 Å². The Balaban J connectivity index is 1.67. The number of hydrogen-bond donors (Lipinski definition) is 2. The average molecular weight is 266 g/mol. The molecule has 0 radical (unpaired) electrons. The van der Waals surface area contributed by atoms with E-state index in [1.165, 1.54) is 12.7 Å². The van der Waals surface area contributed by atoms with Gasteiger partial charge in [-0.15, -0.1) is 0 Å². The Bertz CT molecular complexity index is 803. The highest BCUT2D eigenvalue weighted by Crippen LogP contribution is 2.15. The Morgan fingerprint density at radius 1 is 1.10 bits per heavy atom. The summed E-state index contributed by atoms with van der Waals surface area (Å²) < 4.78 is 1.79. The van der Waals surface area contributed by atoms with Gasteiger partial charge in [0.2, 0.25) is 0 Å². The molecule has 0 bridgehead atoms. The molecule has 0 saturated carbocycles. The molecule has 4 aromatic rings. The first-order valence-corrected chi connectivity index (χ1v) is 6.07. The van der Waals surface area contributed by atoms with Gasteiger partial charge in [-0.25, -0.2) is 24.5 Å². The molecule has 20 heavy (non-hydrogen) atoms. The van der Waals surface area contributed by atoms with Crippen LogP contribution in [0, 0.1) is 0 Å². The molecule has 98 valence electrons. The minimum absolute atomic E-state index is 0.575. The third-order valence-corrected chi connectivity index (χ3v) is 3.04. The van der Waals surface area contributed by atoms with E-state index in [0.717, 1.165) is 16.9 Å². The Morgan fingerprint density at radius 3 is 3.10 bits per heavy atom. The molecule has 2 N–H and O–H groups in total. The number of aromatic nitrogens is 7. The van der Waals surface area contributed by atoms with Gasteiger partial charge in [0, 0.05) is 0 Å². The van der Waals surface area contributed by atoms with E-state index in [1.807, 2.05) is 18.2 Å². The largest absolute Gasteiger partial charge is 0.363 e. The van der Waals surface area contributed by atoms with E-state index in [1.54, 1.807) is 10.8 Å². The number of imidazole rings is 1. The predicted molar refractivity (Wildman–Crippen MR) is 72.0 cm³/mol. The van der Waals surface area contributed by atoms with Crippen LogP contribution < -0.4 is 5.32 Å². The van der Waals surface area contributed by atoms with Crippen LogP contribution in [0.2, 0.25) is 0 Å². The first kappa shape index (κ1) is 10.9. The van der Waals surface area contributed by atoms with Gasteiger partial charge in [-0.05, 0) is 12.1 Å². The summed E-state index contributed by atoms with van der Waals surface area (Å²) in [5.41, 5.74) is 3.24. The van der Waals surface area contributed by atoms with E-state index in [0.29, 0.717) is 18.0 Å². The van der Waals surface area contributed by atoms with Crippen LogP contribution in [0.4, 0.5) is 5.82 Å². The number of rotatable bonds is 3. The number of nitrogens with one attached hydrogen (secondary N) is 2. The van der Waals surface area contributed by atoms with Crippen LogP contribution in [-0.2, 0) is 6.54 Å². The summed E-state index contributed by atoms with van der Waals surface area (Å²) in [7, 11) is 0. The van der Waals surface area contributed by atoms with Gasteiger partial charge in [-0.2, -0.15) is 5.10 Å². The lowest BCUT2D eigenvalue weighted by Crippen LogP contribution is -2.07. The van der Waals surface area contributed by atoms with Crippen molar-refractivity contribution < 1.29 is 0 Å². The SMILES string of the molecule is c1cc(CNc2ncnc3nc[nH]c23)n2ncnc2c1. The van der Waals surface area contributed by atoms with E-state index < -0.39 is 0 Å². The zero-order chi connectivity index (χ0) is 13.4. The Kier molecular flexibility index (Phi) is 2.31. The maximum Gasteiger partial charge on any atom is 0.182 e. The molecule has 0 aliphatic heterocycles. The molecule has 4 heterocycles. The number of aromatic amines is 1. The fourth-order valence-corrected chi connectivity index (χ4v) is 2.11. The third kappa shape index (κ3) is 1.66. The average Bonchev–Trinajstić information content (AvgIpc) is 3.13. The van der Waals surface area contributed by atoms with Crippen LogP contribution in [0.5, 0.6) is 0 Å². The van der Waals surface area contributed by atoms with Crippen molar-refractivity contribution in [2.75, 3.05) is 5.32 Å². The highest BCUT2D eigenvalue weighted by atomic mass is 15.3. The first-order valence-electron chi connectivity index (χ1n) is 6.07. The van der Waals surface area contributed by atoms with E-state index in [-0.39, 0.29) is 0 Å². The lowest BCUT2D eigenvalue weighted by atomic mass is 10.3. The quantitative estimate of drug-likeness (QED) is 0.574. The lowest BCUT2D eigenvalue weighted by Gasteiger charge is -2.07. The second-order valence-electron chi connectivity index (χ2n) is 4.22. The third-order valence-electron chi connectivity index (χ3n) is 3.04. The van der Waals surface area contributed by atoms with Gasteiger partial charge in [0.25, 0.3) is 0 Å². The molecule has 0 aliphatic carbocycles. The predicted octanol–water partition coefficient (Wildman–Crippen LogP) is 1.01. The zero-order valence-corrected chi connectivity index (χ0v) is 10.4. The van der Waals surface area contributed by atoms with E-state index in [4.69, 9.17) is 0 Å². The second kappa shape index (κ2) is 4.26. The van der Waals surface area contributed by atoms with Crippen LogP contribution >= 0.6 is 0 Å². The maximum absolute atomic E-state index is 4.22. The van der Waals surface area contributed by atoms with Gasteiger partial charge in [-0.1, -0.05) is 6.07 Å². The van der Waals surface area contributed by atoms with E-state index in [9.17, 15) is 0 Å². The number of hydrogen-bond acceptors (Lipinski definition) is 6. The minimum atomic E-state index is 0.575. The summed E-state index contributed by atoms with van der Waals surface area (Å²) in [6.45, 7) is 0.575. The summed E-state index contributed by atoms with van der Waals surface area (Å²) in [6.07, 6.45) is 4.63. The number of pyridine rings is 1. The van der Waals surface area contributed by atoms with Crippen LogP contribution in [-0.4, -0.2) is 34.5 Å². The van der Waals surface area contributed by atoms with Crippen LogP contribution in [0.25, 0.3) is 16.8 Å². The fraction of sp³-hybridized carbons (Fsp3) is 0.0833. The molecular weight excluding hydrogens is 256 g/mol. The van der Waals surface area contributed by atoms with Gasteiger partial charge in [0.05, 0.1) is 18.6 Å². The van der Waals surface area contributed by atoms with Crippen molar-refractivity contribution in [1.29, 1.82) is 0 Å². The highest BCUT2D eigenvalue weighted by molar-refractivity contribution is 5.81. The zero-order valence-electron chi connectivity index (χ0n) is 10.4. The van der Waals surface area contributed by atoms with Crippen molar-refractivity contribution in [3.8, 4) is 0 Å². The van der Waals surface area contributed by atoms with Gasteiger partial charge >= 0.3 is 0 Å². The Labute approximate surface area is 112 Å². The lowest BCUT2D eigenvalue weighted by molar-refractivity contribution is 0.868. The van der Waals surface area contributed by atoms with Crippen molar-refractivity contribution >= 4 is 22.6 Å². The molecule has 0 spiro atoms. The summed E-state index contributed by atoms with van der Waals surface area (Å²) >= 11 is 0. The normalized spacial score (nSPS) is 11.2. The number of H-pyrrole nitrogens is 1. The smallest absolute Gasteiger partial charge is 0.182 e. The van der Waals surface area contributed by atoms with Crippen molar-refractivity contribution in [2.45, 2.75) is 6.54 Å². The van der Waals surface area contributed by atoms with Gasteiger partial charge < -0.3 is 10.3 Å². The summed E-state index contributed by atoms with van der Waals surface area (Å²) in [5.74, 6) is 0.713. The molecule has 0 aliphatic rings. The Morgan fingerprint density at radius 2 is 2.10 bits per heavy atom. The van der Waals surface area contributed by atoms with Crippen LogP contribution in [0.1, 0.15) is 5.69 Å². The second-order valence-corrected chi connectivity index (χ2v) is 4.22. The molecule has 8 nitrogen and oxygen atoms in total. The standard InChI is InChI=1S/C12H10N8/c1-2-8(20-9(3-1)14-7-19-20)4-13-11-10-12(16-5-15-10)18-6-17-11/h1-3,5-7H,4H2,(H2,13,15,16,17,18). The summed E-state index contributed by atoms with van der Waals surface area (Å²) in [5, 5.41) is 7.46. The number of nitrogens with zero attached hydrogens (tertiary/aromatic N) is 6. The number of anilines is 1. The summed E-state index contributed by atoms with van der Waals surface area (Å²) in [4.78, 5) is 19.6. The highest BCUT2D eigenvalue weighted by Gasteiger charge is 2.07. The molecule has 8 heteroatoms. The molecule has 0 atom stereocenters. The monoisotopic (exact) mass is 266 g/mol. The number of fused-ring (bicyclic) bond motifs is 2. The molecule has 0 fully saturated rings. The summed E-state index contributed by atoms with van der Waals surface area (Å²) in [6, 6.07) is 5.85. The minimum Gasteiger partial charge on any atom is -0.363 e. The van der Waals surface area contributed by atoms with Crippen LogP contribution in [0.15, 0.2) is 37.2 Å². The molecular formula is C12H10N8.